The molecule has 0 aliphatic rings. The molecule has 0 aliphatic carbocycles. The van der Waals surface area contributed by atoms with Gasteiger partial charge in [-0.15, -0.1) is 11.3 Å². The van der Waals surface area contributed by atoms with Crippen LogP contribution in [0, 0.1) is 20.8 Å². The number of hydrogen-bond donors (Lipinski definition) is 1. The SMILES string of the molecule is Cc1ccc(-c2nc(C)sc2CC(=O)N(C)CC(=O)Nc2cc(C)on2)cc1. The lowest BCUT2D eigenvalue weighted by Gasteiger charge is -2.16. The van der Waals surface area contributed by atoms with Gasteiger partial charge in [-0.25, -0.2) is 4.98 Å². The Balaban J connectivity index is 1.65. The fourth-order valence-electron chi connectivity index (χ4n) is 2.71. The number of nitrogens with one attached hydrogen (secondary N) is 1. The minimum absolute atomic E-state index is 0.0671. The van der Waals surface area contributed by atoms with Gasteiger partial charge in [0.1, 0.15) is 5.76 Å². The van der Waals surface area contributed by atoms with Gasteiger partial charge in [-0.05, 0) is 20.8 Å². The standard InChI is InChI=1S/C20H22N4O3S/c1-12-5-7-15(8-6-12)20-16(28-14(3)21-20)10-19(26)24(4)11-18(25)22-17-9-13(2)27-23-17/h5-9H,10-11H2,1-4H3,(H,22,23,25). The molecule has 1 N–H and O–H groups in total. The Labute approximate surface area is 167 Å². The summed E-state index contributed by atoms with van der Waals surface area (Å²) in [6.07, 6.45) is 0.196. The predicted octanol–water partition coefficient (Wildman–Crippen LogP) is 3.36. The molecule has 7 nitrogen and oxygen atoms in total. The summed E-state index contributed by atoms with van der Waals surface area (Å²) in [6.45, 7) is 5.62. The van der Waals surface area contributed by atoms with E-state index in [-0.39, 0.29) is 24.8 Å². The highest BCUT2D eigenvalue weighted by Gasteiger charge is 2.19. The van der Waals surface area contributed by atoms with Crippen molar-refractivity contribution in [1.29, 1.82) is 0 Å². The fraction of sp³-hybridized carbons (Fsp3) is 0.300. The number of benzene rings is 1. The minimum Gasteiger partial charge on any atom is -0.360 e. The van der Waals surface area contributed by atoms with E-state index in [2.05, 4.69) is 15.5 Å². The van der Waals surface area contributed by atoms with E-state index in [9.17, 15) is 9.59 Å². The first-order chi connectivity index (χ1) is 13.3. The second-order valence-corrected chi connectivity index (χ2v) is 7.96. The van der Waals surface area contributed by atoms with Crippen molar-refractivity contribution in [1.82, 2.24) is 15.0 Å². The molecule has 0 radical (unpaired) electrons. The van der Waals surface area contributed by atoms with Crippen LogP contribution < -0.4 is 5.32 Å². The number of anilines is 1. The highest BCUT2D eigenvalue weighted by Crippen LogP contribution is 2.29. The molecule has 0 aliphatic heterocycles. The van der Waals surface area contributed by atoms with Gasteiger partial charge in [0, 0.05) is 23.6 Å². The lowest BCUT2D eigenvalue weighted by atomic mass is 10.1. The summed E-state index contributed by atoms with van der Waals surface area (Å²) in [5.74, 6) is 0.457. The minimum atomic E-state index is -0.330. The monoisotopic (exact) mass is 398 g/mol. The number of thiazole rings is 1. The molecular formula is C20H22N4O3S. The van der Waals surface area contributed by atoms with Gasteiger partial charge in [-0.3, -0.25) is 9.59 Å². The van der Waals surface area contributed by atoms with E-state index in [1.807, 2.05) is 38.1 Å². The van der Waals surface area contributed by atoms with Crippen LogP contribution in [0.25, 0.3) is 11.3 Å². The van der Waals surface area contributed by atoms with Crippen LogP contribution in [0.4, 0.5) is 5.82 Å². The van der Waals surface area contributed by atoms with Gasteiger partial charge in [-0.1, -0.05) is 35.0 Å². The van der Waals surface area contributed by atoms with Crippen molar-refractivity contribution in [2.75, 3.05) is 18.9 Å². The fourth-order valence-corrected chi connectivity index (χ4v) is 3.66. The maximum atomic E-state index is 12.6. The summed E-state index contributed by atoms with van der Waals surface area (Å²) in [5.41, 5.74) is 2.98. The molecular weight excluding hydrogens is 376 g/mol. The van der Waals surface area contributed by atoms with Crippen LogP contribution in [-0.2, 0) is 16.0 Å². The molecule has 0 unspecified atom stereocenters. The van der Waals surface area contributed by atoms with Crippen molar-refractivity contribution in [3.63, 3.8) is 0 Å². The Bertz CT molecular complexity index is 991. The van der Waals surface area contributed by atoms with E-state index in [1.165, 1.54) is 21.8 Å². The molecule has 146 valence electrons. The summed E-state index contributed by atoms with van der Waals surface area (Å²) in [7, 11) is 1.61. The molecule has 1 aromatic carbocycles. The number of aryl methyl sites for hydroxylation is 3. The molecule has 0 fully saturated rings. The second-order valence-electron chi connectivity index (χ2n) is 6.67. The zero-order chi connectivity index (χ0) is 20.3. The first kappa shape index (κ1) is 19.8. The number of amides is 2. The highest BCUT2D eigenvalue weighted by molar-refractivity contribution is 7.12. The van der Waals surface area contributed by atoms with Gasteiger partial charge in [0.25, 0.3) is 0 Å². The van der Waals surface area contributed by atoms with Gasteiger partial charge in [0.05, 0.1) is 23.7 Å². The zero-order valence-electron chi connectivity index (χ0n) is 16.3. The van der Waals surface area contributed by atoms with Crippen molar-refractivity contribution in [3.05, 3.63) is 51.5 Å². The van der Waals surface area contributed by atoms with Gasteiger partial charge in [0.15, 0.2) is 5.82 Å². The predicted molar refractivity (Wildman–Crippen MR) is 108 cm³/mol. The first-order valence-electron chi connectivity index (χ1n) is 8.82. The van der Waals surface area contributed by atoms with Crippen LogP contribution >= 0.6 is 11.3 Å². The lowest BCUT2D eigenvalue weighted by Crippen LogP contribution is -2.35. The summed E-state index contributed by atoms with van der Waals surface area (Å²) >= 11 is 1.50. The number of carbonyl (C=O) groups excluding carboxylic acids is 2. The van der Waals surface area contributed by atoms with Crippen LogP contribution in [0.2, 0.25) is 0 Å². The van der Waals surface area contributed by atoms with Crippen LogP contribution in [0.5, 0.6) is 0 Å². The van der Waals surface area contributed by atoms with E-state index in [0.29, 0.717) is 11.6 Å². The van der Waals surface area contributed by atoms with E-state index < -0.39 is 0 Å². The Morgan fingerprint density at radius 3 is 2.54 bits per heavy atom. The summed E-state index contributed by atoms with van der Waals surface area (Å²) < 4.78 is 4.91. The number of hydrogen-bond acceptors (Lipinski definition) is 6. The van der Waals surface area contributed by atoms with Crippen LogP contribution in [0.1, 0.15) is 21.2 Å². The van der Waals surface area contributed by atoms with Crippen molar-refractivity contribution in [2.24, 2.45) is 0 Å². The molecule has 0 spiro atoms. The molecule has 2 heterocycles. The maximum absolute atomic E-state index is 12.6. The van der Waals surface area contributed by atoms with Gasteiger partial charge in [0.2, 0.25) is 11.8 Å². The average Bonchev–Trinajstić information content (AvgIpc) is 3.20. The highest BCUT2D eigenvalue weighted by atomic mass is 32.1. The van der Waals surface area contributed by atoms with Crippen molar-refractivity contribution < 1.29 is 14.1 Å². The van der Waals surface area contributed by atoms with Crippen LogP contribution in [0.15, 0.2) is 34.9 Å². The topological polar surface area (TPSA) is 88.3 Å². The lowest BCUT2D eigenvalue weighted by molar-refractivity contribution is -0.132. The molecule has 8 heteroatoms. The largest absolute Gasteiger partial charge is 0.360 e. The van der Waals surface area contributed by atoms with E-state index in [4.69, 9.17) is 4.52 Å². The third kappa shape index (κ3) is 4.83. The Morgan fingerprint density at radius 2 is 1.89 bits per heavy atom. The van der Waals surface area contributed by atoms with Gasteiger partial charge >= 0.3 is 0 Å². The molecule has 0 bridgehead atoms. The first-order valence-corrected chi connectivity index (χ1v) is 9.64. The number of aromatic nitrogens is 2. The molecule has 3 rings (SSSR count). The quantitative estimate of drug-likeness (QED) is 0.688. The molecule has 0 atom stereocenters. The molecule has 2 amide bonds. The van der Waals surface area contributed by atoms with Crippen molar-refractivity contribution in [2.45, 2.75) is 27.2 Å². The maximum Gasteiger partial charge on any atom is 0.245 e. The van der Waals surface area contributed by atoms with Gasteiger partial charge < -0.3 is 14.7 Å². The second kappa shape index (κ2) is 8.35. The summed E-state index contributed by atoms with van der Waals surface area (Å²) in [6, 6.07) is 9.69. The Hall–Kier alpha value is -3.00. The third-order valence-corrected chi connectivity index (χ3v) is 5.11. The van der Waals surface area contributed by atoms with Gasteiger partial charge in [-0.2, -0.15) is 0 Å². The van der Waals surface area contributed by atoms with E-state index >= 15 is 0 Å². The Kier molecular flexibility index (Phi) is 5.89. The third-order valence-electron chi connectivity index (χ3n) is 4.14. The molecule has 28 heavy (non-hydrogen) atoms. The van der Waals surface area contributed by atoms with E-state index in [0.717, 1.165) is 21.1 Å². The molecule has 0 saturated carbocycles. The van der Waals surface area contributed by atoms with Crippen molar-refractivity contribution >= 4 is 29.0 Å². The van der Waals surface area contributed by atoms with Crippen LogP contribution in [0.3, 0.4) is 0 Å². The number of nitrogens with zero attached hydrogens (tertiary/aromatic N) is 3. The summed E-state index contributed by atoms with van der Waals surface area (Å²) in [5, 5.41) is 7.23. The normalized spacial score (nSPS) is 10.7. The average molecular weight is 398 g/mol. The van der Waals surface area contributed by atoms with Crippen LogP contribution in [-0.4, -0.2) is 40.4 Å². The Morgan fingerprint density at radius 1 is 1.18 bits per heavy atom. The molecule has 2 aromatic heterocycles. The van der Waals surface area contributed by atoms with Crippen molar-refractivity contribution in [3.8, 4) is 11.3 Å². The number of rotatable bonds is 6. The zero-order valence-corrected chi connectivity index (χ0v) is 17.1. The smallest absolute Gasteiger partial charge is 0.245 e. The molecule has 0 saturated heterocycles. The summed E-state index contributed by atoms with van der Waals surface area (Å²) in [4.78, 5) is 31.6. The van der Waals surface area contributed by atoms with E-state index in [1.54, 1.807) is 20.0 Å². The number of likely N-dealkylation sites (N-methyl/N-ethyl adjacent to an activating group) is 1. The number of carbonyl (C=O) groups is 2. The molecule has 3 aromatic rings.